The van der Waals surface area contributed by atoms with Crippen LogP contribution >= 0.6 is 23.2 Å². The number of nitrogens with zero attached hydrogens (tertiary/aromatic N) is 2. The Balaban J connectivity index is 1.96. The van der Waals surface area contributed by atoms with Crippen LogP contribution in [-0.2, 0) is 6.54 Å². The number of piperidine rings is 1. The summed E-state index contributed by atoms with van der Waals surface area (Å²) >= 11 is 11.9. The highest BCUT2D eigenvalue weighted by Crippen LogP contribution is 2.22. The van der Waals surface area contributed by atoms with Crippen molar-refractivity contribution < 1.29 is 0 Å². The summed E-state index contributed by atoms with van der Waals surface area (Å²) in [6.45, 7) is 2.81. The van der Waals surface area contributed by atoms with E-state index >= 15 is 0 Å². The molecule has 1 heterocycles. The largest absolute Gasteiger partial charge is 0.299 e. The Labute approximate surface area is 112 Å². The highest BCUT2D eigenvalue weighted by Gasteiger charge is 2.18. The van der Waals surface area contributed by atoms with Crippen molar-refractivity contribution in [2.24, 2.45) is 5.92 Å². The normalized spacial score (nSPS) is 17.9. The number of hydrogen-bond donors (Lipinski definition) is 0. The van der Waals surface area contributed by atoms with E-state index in [4.69, 9.17) is 28.5 Å². The molecule has 1 aliphatic heterocycles. The predicted molar refractivity (Wildman–Crippen MR) is 70.1 cm³/mol. The third-order valence-corrected chi connectivity index (χ3v) is 3.54. The van der Waals surface area contributed by atoms with Gasteiger partial charge in [-0.2, -0.15) is 5.26 Å². The first-order valence-corrected chi connectivity index (χ1v) is 6.50. The number of likely N-dealkylation sites (tertiary alicyclic amines) is 1. The van der Waals surface area contributed by atoms with Crippen LogP contribution in [0.25, 0.3) is 0 Å². The van der Waals surface area contributed by atoms with Crippen molar-refractivity contribution in [3.8, 4) is 6.07 Å². The van der Waals surface area contributed by atoms with Crippen molar-refractivity contribution in [1.82, 2.24) is 4.90 Å². The summed E-state index contributed by atoms with van der Waals surface area (Å²) in [7, 11) is 0. The molecule has 1 saturated heterocycles. The van der Waals surface area contributed by atoms with E-state index in [0.29, 0.717) is 10.0 Å². The lowest BCUT2D eigenvalue weighted by molar-refractivity contribution is 0.198. The Morgan fingerprint density at radius 3 is 2.29 bits per heavy atom. The second kappa shape index (κ2) is 5.73. The molecule has 1 aromatic carbocycles. The molecule has 0 aliphatic carbocycles. The standard InChI is InChI=1S/C13H14Cl2N2/c14-12-5-11(6-13(15)7-12)9-17-3-1-10(8-16)2-4-17/h5-7,10H,1-4,9H2. The monoisotopic (exact) mass is 268 g/mol. The maximum Gasteiger partial charge on any atom is 0.0656 e. The highest BCUT2D eigenvalue weighted by molar-refractivity contribution is 6.34. The molecular formula is C13H14Cl2N2. The third-order valence-electron chi connectivity index (χ3n) is 3.10. The van der Waals surface area contributed by atoms with E-state index < -0.39 is 0 Å². The van der Waals surface area contributed by atoms with E-state index in [1.807, 2.05) is 12.1 Å². The fraction of sp³-hybridized carbons (Fsp3) is 0.462. The van der Waals surface area contributed by atoms with Gasteiger partial charge in [-0.15, -0.1) is 0 Å². The molecule has 1 aromatic rings. The lowest BCUT2D eigenvalue weighted by Crippen LogP contribution is -2.32. The van der Waals surface area contributed by atoms with Gasteiger partial charge in [0.2, 0.25) is 0 Å². The average molecular weight is 269 g/mol. The Hall–Kier alpha value is -0.750. The van der Waals surface area contributed by atoms with E-state index in [1.165, 1.54) is 0 Å². The van der Waals surface area contributed by atoms with E-state index in [2.05, 4.69) is 11.0 Å². The number of nitriles is 1. The summed E-state index contributed by atoms with van der Waals surface area (Å²) < 4.78 is 0. The fourth-order valence-corrected chi connectivity index (χ4v) is 2.75. The molecule has 1 aliphatic rings. The summed E-state index contributed by atoms with van der Waals surface area (Å²) in [5.74, 6) is 0.231. The smallest absolute Gasteiger partial charge is 0.0656 e. The van der Waals surface area contributed by atoms with Crippen LogP contribution in [0.4, 0.5) is 0 Å². The van der Waals surface area contributed by atoms with E-state index in [9.17, 15) is 0 Å². The van der Waals surface area contributed by atoms with Crippen molar-refractivity contribution in [1.29, 1.82) is 5.26 Å². The van der Waals surface area contributed by atoms with Crippen molar-refractivity contribution >= 4 is 23.2 Å². The molecule has 0 radical (unpaired) electrons. The summed E-state index contributed by atoms with van der Waals surface area (Å²) in [5, 5.41) is 10.2. The zero-order valence-corrected chi connectivity index (χ0v) is 11.0. The van der Waals surface area contributed by atoms with E-state index in [-0.39, 0.29) is 5.92 Å². The van der Waals surface area contributed by atoms with Gasteiger partial charge in [-0.05, 0) is 49.7 Å². The van der Waals surface area contributed by atoms with Crippen LogP contribution in [0.3, 0.4) is 0 Å². The van der Waals surface area contributed by atoms with Crippen molar-refractivity contribution in [2.75, 3.05) is 13.1 Å². The average Bonchev–Trinajstić information content (AvgIpc) is 2.28. The zero-order chi connectivity index (χ0) is 12.3. The quantitative estimate of drug-likeness (QED) is 0.818. The van der Waals surface area contributed by atoms with Crippen LogP contribution in [-0.4, -0.2) is 18.0 Å². The molecule has 2 nitrogen and oxygen atoms in total. The SMILES string of the molecule is N#CC1CCN(Cc2cc(Cl)cc(Cl)c2)CC1. The lowest BCUT2D eigenvalue weighted by atomic mass is 9.98. The zero-order valence-electron chi connectivity index (χ0n) is 9.50. The van der Waals surface area contributed by atoms with Crippen molar-refractivity contribution in [2.45, 2.75) is 19.4 Å². The second-order valence-corrected chi connectivity index (χ2v) is 5.33. The van der Waals surface area contributed by atoms with Gasteiger partial charge in [0.15, 0.2) is 0 Å². The maximum atomic E-state index is 8.84. The molecule has 0 aromatic heterocycles. The molecule has 0 atom stereocenters. The topological polar surface area (TPSA) is 27.0 Å². The summed E-state index contributed by atoms with van der Waals surface area (Å²) in [6.07, 6.45) is 1.93. The van der Waals surface area contributed by atoms with E-state index in [0.717, 1.165) is 38.0 Å². The molecule has 0 spiro atoms. The van der Waals surface area contributed by atoms with Gasteiger partial charge in [0.25, 0.3) is 0 Å². The Morgan fingerprint density at radius 2 is 1.76 bits per heavy atom. The molecule has 90 valence electrons. The number of hydrogen-bond acceptors (Lipinski definition) is 2. The molecule has 1 fully saturated rings. The number of benzene rings is 1. The predicted octanol–water partition coefficient (Wildman–Crippen LogP) is 3.73. The molecular weight excluding hydrogens is 255 g/mol. The summed E-state index contributed by atoms with van der Waals surface area (Å²) in [4.78, 5) is 2.34. The minimum Gasteiger partial charge on any atom is -0.299 e. The molecule has 0 N–H and O–H groups in total. The third kappa shape index (κ3) is 3.61. The molecule has 0 unspecified atom stereocenters. The number of halogens is 2. The van der Waals surface area contributed by atoms with Crippen LogP contribution in [0, 0.1) is 17.2 Å². The van der Waals surface area contributed by atoms with Gasteiger partial charge in [-0.3, -0.25) is 4.90 Å². The van der Waals surface area contributed by atoms with Crippen LogP contribution < -0.4 is 0 Å². The van der Waals surface area contributed by atoms with Crippen LogP contribution in [0.15, 0.2) is 18.2 Å². The van der Waals surface area contributed by atoms with E-state index in [1.54, 1.807) is 6.07 Å². The first-order valence-electron chi connectivity index (χ1n) is 5.74. The van der Waals surface area contributed by atoms with Crippen LogP contribution in [0.5, 0.6) is 0 Å². The molecule has 0 saturated carbocycles. The fourth-order valence-electron chi connectivity index (χ4n) is 2.18. The molecule has 2 rings (SSSR count). The van der Waals surface area contributed by atoms with Gasteiger partial charge < -0.3 is 0 Å². The van der Waals surface area contributed by atoms with Crippen molar-refractivity contribution in [3.63, 3.8) is 0 Å². The minimum absolute atomic E-state index is 0.231. The van der Waals surface area contributed by atoms with Crippen LogP contribution in [0.2, 0.25) is 10.0 Å². The van der Waals surface area contributed by atoms with Gasteiger partial charge in [-0.1, -0.05) is 23.2 Å². The molecule has 0 bridgehead atoms. The molecule has 17 heavy (non-hydrogen) atoms. The Bertz CT molecular complexity index is 411. The number of rotatable bonds is 2. The molecule has 4 heteroatoms. The first-order chi connectivity index (χ1) is 8.17. The lowest BCUT2D eigenvalue weighted by Gasteiger charge is -2.29. The summed E-state index contributed by atoms with van der Waals surface area (Å²) in [6, 6.07) is 7.98. The van der Waals surface area contributed by atoms with Gasteiger partial charge in [0.05, 0.1) is 6.07 Å². The Kier molecular flexibility index (Phi) is 4.28. The van der Waals surface area contributed by atoms with Gasteiger partial charge in [0, 0.05) is 22.5 Å². The van der Waals surface area contributed by atoms with Gasteiger partial charge in [0.1, 0.15) is 0 Å². The summed E-state index contributed by atoms with van der Waals surface area (Å²) in [5.41, 5.74) is 1.14. The first kappa shape index (κ1) is 12.7. The van der Waals surface area contributed by atoms with Crippen molar-refractivity contribution in [3.05, 3.63) is 33.8 Å². The highest BCUT2D eigenvalue weighted by atomic mass is 35.5. The van der Waals surface area contributed by atoms with Crippen LogP contribution in [0.1, 0.15) is 18.4 Å². The van der Waals surface area contributed by atoms with Gasteiger partial charge >= 0.3 is 0 Å². The minimum atomic E-state index is 0.231. The van der Waals surface area contributed by atoms with Gasteiger partial charge in [-0.25, -0.2) is 0 Å². The molecule has 0 amide bonds. The second-order valence-electron chi connectivity index (χ2n) is 4.46. The maximum absolute atomic E-state index is 8.84. The Morgan fingerprint density at radius 1 is 1.18 bits per heavy atom.